The van der Waals surface area contributed by atoms with Crippen molar-refractivity contribution in [1.82, 2.24) is 0 Å². The molecule has 0 aliphatic heterocycles. The van der Waals surface area contributed by atoms with E-state index in [9.17, 15) is 9.90 Å². The number of carbonyl (C=O) groups is 1. The predicted octanol–water partition coefficient (Wildman–Crippen LogP) is 0.291. The van der Waals surface area contributed by atoms with Crippen molar-refractivity contribution in [2.24, 2.45) is 0 Å². The van der Waals surface area contributed by atoms with Gasteiger partial charge in [0.1, 0.15) is 0 Å². The van der Waals surface area contributed by atoms with Crippen LogP contribution in [0.5, 0.6) is 0 Å². The average molecular weight is 277 g/mol. The van der Waals surface area contributed by atoms with Crippen molar-refractivity contribution < 1.29 is 19.6 Å². The van der Waals surface area contributed by atoms with Crippen LogP contribution in [0.15, 0.2) is 30.3 Å². The predicted molar refractivity (Wildman–Crippen MR) is 69.9 cm³/mol. The lowest BCUT2D eigenvalue weighted by atomic mass is 10.2. The van der Waals surface area contributed by atoms with Gasteiger partial charge in [0.15, 0.2) is 18.2 Å². The maximum absolute atomic E-state index is 11.2. The van der Waals surface area contributed by atoms with E-state index in [1.165, 1.54) is 11.3 Å². The summed E-state index contributed by atoms with van der Waals surface area (Å²) in [6.07, 6.45) is 0.471. The molecule has 0 unspecified atom stereocenters. The number of carbonyl (C=O) groups excluding carboxylic acids is 1. The fourth-order valence-corrected chi connectivity index (χ4v) is 3.07. The summed E-state index contributed by atoms with van der Waals surface area (Å²) in [5.74, 6) is -1.17. The third-order valence-electron chi connectivity index (χ3n) is 2.97. The quantitative estimate of drug-likeness (QED) is 0.799. The second-order valence-corrected chi connectivity index (χ2v) is 5.33. The highest BCUT2D eigenvalue weighted by Crippen LogP contribution is 2.17. The highest BCUT2D eigenvalue weighted by Gasteiger charge is 2.23. The van der Waals surface area contributed by atoms with Crippen LogP contribution in [0.1, 0.15) is 25.9 Å². The summed E-state index contributed by atoms with van der Waals surface area (Å²) in [6.45, 7) is 2.38. The Kier molecular flexibility index (Phi) is 4.29. The molecule has 1 N–H and O–H groups in total. The molecule has 1 aromatic carbocycles. The van der Waals surface area contributed by atoms with Gasteiger partial charge >= 0.3 is 0 Å². The molecule has 0 fully saturated rings. The number of nitrogens with zero attached hydrogens (tertiary/aromatic N) is 1. The molecule has 0 bridgehead atoms. The number of rotatable bonds is 5. The number of thiazole rings is 1. The van der Waals surface area contributed by atoms with Gasteiger partial charge in [-0.05, 0) is 0 Å². The topological polar surface area (TPSA) is 64.2 Å². The molecule has 0 aliphatic carbocycles. The second-order valence-electron chi connectivity index (χ2n) is 4.25. The Bertz CT molecular complexity index is 578. The highest BCUT2D eigenvalue weighted by atomic mass is 32.1. The molecule has 0 spiro atoms. The number of hydrogen-bond donors (Lipinski definition) is 1. The summed E-state index contributed by atoms with van der Waals surface area (Å²) in [5.41, 5.74) is 1.91. The van der Waals surface area contributed by atoms with Gasteiger partial charge in [-0.3, -0.25) is 0 Å². The number of aromatic nitrogens is 1. The van der Waals surface area contributed by atoms with Crippen molar-refractivity contribution in [2.75, 3.05) is 6.61 Å². The van der Waals surface area contributed by atoms with Crippen LogP contribution >= 0.6 is 11.3 Å². The minimum atomic E-state index is -1.17. The van der Waals surface area contributed by atoms with Crippen LogP contribution in [0.4, 0.5) is 0 Å². The molecule has 0 radical (unpaired) electrons. The molecule has 19 heavy (non-hydrogen) atoms. The van der Waals surface area contributed by atoms with E-state index in [-0.39, 0.29) is 11.6 Å². The van der Waals surface area contributed by atoms with Gasteiger partial charge in [0.25, 0.3) is 5.01 Å². The Labute approximate surface area is 115 Å². The van der Waals surface area contributed by atoms with E-state index in [2.05, 4.69) is 0 Å². The van der Waals surface area contributed by atoms with Crippen molar-refractivity contribution in [3.63, 3.8) is 0 Å². The van der Waals surface area contributed by atoms with Gasteiger partial charge in [-0.25, -0.2) is 0 Å². The van der Waals surface area contributed by atoms with Gasteiger partial charge in [-0.15, -0.1) is 0 Å². The van der Waals surface area contributed by atoms with E-state index in [0.29, 0.717) is 13.0 Å². The fraction of sp³-hybridized carbons (Fsp3) is 0.286. The molecule has 0 saturated carbocycles. The highest BCUT2D eigenvalue weighted by molar-refractivity contribution is 7.13. The molecule has 0 aliphatic rings. The normalized spacial score (nSPS) is 10.6. The molecular formula is C14H15NO3S. The third-order valence-corrected chi connectivity index (χ3v) is 4.30. The number of aliphatic hydroxyl groups is 1. The van der Waals surface area contributed by atoms with Gasteiger partial charge in [0, 0.05) is 25.5 Å². The fourth-order valence-electron chi connectivity index (χ4n) is 1.99. The third kappa shape index (κ3) is 3.00. The molecule has 2 aromatic rings. The lowest BCUT2D eigenvalue weighted by Crippen LogP contribution is -2.44. The molecule has 0 amide bonds. The largest absolute Gasteiger partial charge is 0.539 e. The Hall–Kier alpha value is -1.72. The zero-order valence-electron chi connectivity index (χ0n) is 10.6. The van der Waals surface area contributed by atoms with Crippen molar-refractivity contribution in [3.05, 3.63) is 51.5 Å². The number of aliphatic hydroxyl groups excluding tert-OH is 1. The second kappa shape index (κ2) is 5.95. The molecule has 4 nitrogen and oxygen atoms in total. The van der Waals surface area contributed by atoms with E-state index in [4.69, 9.17) is 5.11 Å². The monoisotopic (exact) mass is 277 g/mol. The van der Waals surface area contributed by atoms with E-state index in [1.807, 2.05) is 37.3 Å². The molecule has 1 heterocycles. The first-order valence-corrected chi connectivity index (χ1v) is 6.83. The van der Waals surface area contributed by atoms with Gasteiger partial charge < -0.3 is 15.0 Å². The molecule has 0 atom stereocenters. The van der Waals surface area contributed by atoms with Crippen LogP contribution in [-0.4, -0.2) is 17.7 Å². The molecule has 0 saturated heterocycles. The Morgan fingerprint density at radius 2 is 2.05 bits per heavy atom. The summed E-state index contributed by atoms with van der Waals surface area (Å²) in [6, 6.07) is 9.67. The number of carboxylic acid groups (broad SMARTS) is 1. The van der Waals surface area contributed by atoms with Gasteiger partial charge in [0.2, 0.25) is 0 Å². The van der Waals surface area contributed by atoms with Crippen LogP contribution < -0.4 is 9.67 Å². The van der Waals surface area contributed by atoms with Crippen molar-refractivity contribution in [1.29, 1.82) is 0 Å². The maximum Gasteiger partial charge on any atom is 0.285 e. The Morgan fingerprint density at radius 1 is 1.37 bits per heavy atom. The van der Waals surface area contributed by atoms with E-state index < -0.39 is 5.97 Å². The first-order chi connectivity index (χ1) is 9.13. The molecular weight excluding hydrogens is 262 g/mol. The van der Waals surface area contributed by atoms with Crippen molar-refractivity contribution >= 4 is 17.3 Å². The maximum atomic E-state index is 11.2. The van der Waals surface area contributed by atoms with Crippen molar-refractivity contribution in [3.8, 4) is 0 Å². The summed E-state index contributed by atoms with van der Waals surface area (Å²) in [7, 11) is 0. The molecule has 100 valence electrons. The van der Waals surface area contributed by atoms with Crippen LogP contribution in [0.3, 0.4) is 0 Å². The number of carboxylic acids is 1. The lowest BCUT2D eigenvalue weighted by molar-refractivity contribution is -0.693. The smallest absolute Gasteiger partial charge is 0.285 e. The molecule has 2 rings (SSSR count). The first kappa shape index (κ1) is 13.7. The van der Waals surface area contributed by atoms with E-state index in [1.54, 1.807) is 4.57 Å². The summed E-state index contributed by atoms with van der Waals surface area (Å²) in [4.78, 5) is 12.1. The summed E-state index contributed by atoms with van der Waals surface area (Å²) >= 11 is 1.18. The average Bonchev–Trinajstić information content (AvgIpc) is 2.70. The molecule has 1 aromatic heterocycles. The minimum absolute atomic E-state index is 0.0131. The Balaban J connectivity index is 2.40. The van der Waals surface area contributed by atoms with Crippen molar-refractivity contribution in [2.45, 2.75) is 19.9 Å². The van der Waals surface area contributed by atoms with Crippen LogP contribution in [0, 0.1) is 6.92 Å². The van der Waals surface area contributed by atoms with Gasteiger partial charge in [0.05, 0.1) is 4.88 Å². The van der Waals surface area contributed by atoms with Crippen LogP contribution in [-0.2, 0) is 13.0 Å². The number of aromatic carboxylic acids is 1. The zero-order valence-corrected chi connectivity index (χ0v) is 11.4. The van der Waals surface area contributed by atoms with Gasteiger partial charge in [-0.2, -0.15) is 4.57 Å². The summed E-state index contributed by atoms with van der Waals surface area (Å²) in [5, 5.41) is 20.4. The van der Waals surface area contributed by atoms with Crippen LogP contribution in [0.2, 0.25) is 0 Å². The number of hydrogen-bond acceptors (Lipinski definition) is 4. The minimum Gasteiger partial charge on any atom is -0.539 e. The standard InChI is InChI=1S/C14H15NO3S/c1-10-12(7-8-16)19-13(14(17)18)15(10)9-11-5-3-2-4-6-11/h2-6,16H,7-9H2,1H3. The zero-order chi connectivity index (χ0) is 13.8. The van der Waals surface area contributed by atoms with Crippen LogP contribution in [0.25, 0.3) is 0 Å². The Morgan fingerprint density at radius 3 is 2.63 bits per heavy atom. The SMILES string of the molecule is Cc1c(CCO)sc(C(=O)[O-])[n+]1Cc1ccccc1. The van der Waals surface area contributed by atoms with E-state index >= 15 is 0 Å². The number of benzene rings is 1. The lowest BCUT2D eigenvalue weighted by Gasteiger charge is -2.01. The molecule has 5 heteroatoms. The summed E-state index contributed by atoms with van der Waals surface area (Å²) < 4.78 is 1.74. The first-order valence-electron chi connectivity index (χ1n) is 6.01. The van der Waals surface area contributed by atoms with E-state index in [0.717, 1.165) is 16.1 Å². The van der Waals surface area contributed by atoms with Gasteiger partial charge in [-0.1, -0.05) is 41.7 Å².